The molecule has 0 bridgehead atoms. The monoisotopic (exact) mass is 290 g/mol. The maximum atomic E-state index is 12.8. The molecule has 0 amide bonds. The molecule has 0 fully saturated rings. The summed E-state index contributed by atoms with van der Waals surface area (Å²) in [7, 11) is 0. The Morgan fingerprint density at radius 1 is 0.833 bits per heavy atom. The van der Waals surface area contributed by atoms with E-state index < -0.39 is 33.9 Å². The van der Waals surface area contributed by atoms with E-state index in [1.54, 1.807) is 0 Å². The standard InChI is InChI=1S/C11H9ClF6/c1-9(2,12)6-4-3-5-7(10(13,14)15)8(6)11(16,17)18/h3-5H,1-2H3. The molecule has 1 rings (SSSR count). The Kier molecular flexibility index (Phi) is 3.64. The first-order valence-electron chi connectivity index (χ1n) is 4.82. The van der Waals surface area contributed by atoms with E-state index in [-0.39, 0.29) is 0 Å². The van der Waals surface area contributed by atoms with E-state index in [2.05, 4.69) is 0 Å². The van der Waals surface area contributed by atoms with Crippen molar-refractivity contribution in [2.24, 2.45) is 0 Å². The van der Waals surface area contributed by atoms with Gasteiger partial charge in [0, 0.05) is 0 Å². The minimum Gasteiger partial charge on any atom is -0.166 e. The summed E-state index contributed by atoms with van der Waals surface area (Å²) in [6.45, 7) is 2.42. The molecule has 0 aliphatic rings. The Labute approximate surface area is 105 Å². The summed E-state index contributed by atoms with van der Waals surface area (Å²) in [5.74, 6) is 0. The van der Waals surface area contributed by atoms with Gasteiger partial charge in [-0.3, -0.25) is 0 Å². The number of hydrogen-bond acceptors (Lipinski definition) is 0. The van der Waals surface area contributed by atoms with E-state index in [0.717, 1.165) is 12.1 Å². The Morgan fingerprint density at radius 2 is 1.28 bits per heavy atom. The molecule has 0 saturated heterocycles. The predicted octanol–water partition coefficient (Wildman–Crippen LogP) is 5.20. The van der Waals surface area contributed by atoms with E-state index in [4.69, 9.17) is 11.6 Å². The van der Waals surface area contributed by atoms with Crippen LogP contribution in [0.2, 0.25) is 0 Å². The number of alkyl halides is 7. The lowest BCUT2D eigenvalue weighted by Crippen LogP contribution is -2.23. The highest BCUT2D eigenvalue weighted by atomic mass is 35.5. The van der Waals surface area contributed by atoms with Gasteiger partial charge in [-0.1, -0.05) is 12.1 Å². The molecule has 0 saturated carbocycles. The molecule has 0 unspecified atom stereocenters. The molecule has 0 spiro atoms. The molecule has 0 radical (unpaired) electrons. The Bertz CT molecular complexity index is 406. The van der Waals surface area contributed by atoms with Gasteiger partial charge in [0.2, 0.25) is 0 Å². The highest BCUT2D eigenvalue weighted by Gasteiger charge is 2.46. The first kappa shape index (κ1) is 15.1. The van der Waals surface area contributed by atoms with E-state index in [1.165, 1.54) is 13.8 Å². The second kappa shape index (κ2) is 4.33. The molecule has 0 aliphatic heterocycles. The third kappa shape index (κ3) is 3.10. The van der Waals surface area contributed by atoms with Crippen molar-refractivity contribution in [1.82, 2.24) is 0 Å². The van der Waals surface area contributed by atoms with Gasteiger partial charge in [0.05, 0.1) is 16.0 Å². The molecule has 102 valence electrons. The Hall–Kier alpha value is -0.910. The van der Waals surface area contributed by atoms with Crippen molar-refractivity contribution in [2.75, 3.05) is 0 Å². The van der Waals surface area contributed by atoms with Crippen LogP contribution in [0.5, 0.6) is 0 Å². The molecule has 0 N–H and O–H groups in total. The van der Waals surface area contributed by atoms with Crippen molar-refractivity contribution in [3.05, 3.63) is 34.9 Å². The zero-order valence-electron chi connectivity index (χ0n) is 9.38. The molecule has 0 nitrogen and oxygen atoms in total. The van der Waals surface area contributed by atoms with Crippen LogP contribution in [-0.4, -0.2) is 0 Å². The van der Waals surface area contributed by atoms with Gasteiger partial charge in [0.15, 0.2) is 0 Å². The van der Waals surface area contributed by atoms with Gasteiger partial charge in [-0.15, -0.1) is 11.6 Å². The number of halogens is 7. The lowest BCUT2D eigenvalue weighted by molar-refractivity contribution is -0.162. The fourth-order valence-electron chi connectivity index (χ4n) is 1.59. The summed E-state index contributed by atoms with van der Waals surface area (Å²) in [6, 6.07) is 2.26. The third-order valence-electron chi connectivity index (χ3n) is 2.29. The van der Waals surface area contributed by atoms with Crippen LogP contribution in [0, 0.1) is 0 Å². The van der Waals surface area contributed by atoms with Gasteiger partial charge < -0.3 is 0 Å². The fraction of sp³-hybridized carbons (Fsp3) is 0.455. The van der Waals surface area contributed by atoms with Crippen molar-refractivity contribution < 1.29 is 26.3 Å². The average Bonchev–Trinajstić information content (AvgIpc) is 2.12. The summed E-state index contributed by atoms with van der Waals surface area (Å²) in [5, 5.41) is 0. The van der Waals surface area contributed by atoms with E-state index in [0.29, 0.717) is 6.07 Å². The SMILES string of the molecule is CC(C)(Cl)c1cccc(C(F)(F)F)c1C(F)(F)F. The summed E-state index contributed by atoms with van der Waals surface area (Å²) < 4.78 is 76.2. The van der Waals surface area contributed by atoms with Crippen LogP contribution < -0.4 is 0 Å². The van der Waals surface area contributed by atoms with Crippen LogP contribution in [0.25, 0.3) is 0 Å². The summed E-state index contributed by atoms with van der Waals surface area (Å²) in [6.07, 6.45) is -10.2. The van der Waals surface area contributed by atoms with Crippen LogP contribution in [0.15, 0.2) is 18.2 Å². The first-order chi connectivity index (χ1) is 7.85. The fourth-order valence-corrected chi connectivity index (χ4v) is 1.75. The van der Waals surface area contributed by atoms with Gasteiger partial charge in [-0.25, -0.2) is 0 Å². The lowest BCUT2D eigenvalue weighted by Gasteiger charge is -2.25. The largest absolute Gasteiger partial charge is 0.417 e. The highest BCUT2D eigenvalue weighted by molar-refractivity contribution is 6.23. The van der Waals surface area contributed by atoms with Crippen LogP contribution in [0.3, 0.4) is 0 Å². The molecule has 1 aromatic rings. The molecule has 7 heteroatoms. The smallest absolute Gasteiger partial charge is 0.166 e. The zero-order valence-corrected chi connectivity index (χ0v) is 10.1. The maximum absolute atomic E-state index is 12.8. The number of benzene rings is 1. The second-order valence-electron chi connectivity index (χ2n) is 4.20. The summed E-state index contributed by atoms with van der Waals surface area (Å²) >= 11 is 5.72. The number of hydrogen-bond donors (Lipinski definition) is 0. The van der Waals surface area contributed by atoms with Gasteiger partial charge in [0.25, 0.3) is 0 Å². The minimum absolute atomic E-state index is 0.398. The van der Waals surface area contributed by atoms with Crippen molar-refractivity contribution in [1.29, 1.82) is 0 Å². The quantitative estimate of drug-likeness (QED) is 0.493. The topological polar surface area (TPSA) is 0 Å². The van der Waals surface area contributed by atoms with E-state index in [9.17, 15) is 26.3 Å². The molecule has 0 atom stereocenters. The molecular formula is C11H9ClF6. The van der Waals surface area contributed by atoms with Gasteiger partial charge >= 0.3 is 12.4 Å². The van der Waals surface area contributed by atoms with Gasteiger partial charge in [-0.05, 0) is 25.5 Å². The van der Waals surface area contributed by atoms with Crippen molar-refractivity contribution in [3.63, 3.8) is 0 Å². The molecule has 0 heterocycles. The molecule has 1 aromatic carbocycles. The molecule has 18 heavy (non-hydrogen) atoms. The van der Waals surface area contributed by atoms with Crippen LogP contribution in [-0.2, 0) is 17.2 Å². The van der Waals surface area contributed by atoms with Crippen molar-refractivity contribution >= 4 is 11.6 Å². The molecule has 0 aromatic heterocycles. The zero-order chi connectivity index (χ0) is 14.4. The molecule has 0 aliphatic carbocycles. The maximum Gasteiger partial charge on any atom is 0.417 e. The van der Waals surface area contributed by atoms with Crippen molar-refractivity contribution in [3.8, 4) is 0 Å². The first-order valence-corrected chi connectivity index (χ1v) is 5.19. The van der Waals surface area contributed by atoms with Crippen LogP contribution in [0.1, 0.15) is 30.5 Å². The Balaban J connectivity index is 3.68. The van der Waals surface area contributed by atoms with Crippen molar-refractivity contribution in [2.45, 2.75) is 31.1 Å². The Morgan fingerprint density at radius 3 is 1.61 bits per heavy atom. The minimum atomic E-state index is -5.12. The molecular weight excluding hydrogens is 282 g/mol. The second-order valence-corrected chi connectivity index (χ2v) is 5.14. The van der Waals surface area contributed by atoms with Gasteiger partial charge in [-0.2, -0.15) is 26.3 Å². The average molecular weight is 291 g/mol. The summed E-state index contributed by atoms with van der Waals surface area (Å²) in [5.41, 5.74) is -4.04. The van der Waals surface area contributed by atoms with E-state index in [1.807, 2.05) is 0 Å². The van der Waals surface area contributed by atoms with Crippen LogP contribution in [0.4, 0.5) is 26.3 Å². The predicted molar refractivity (Wildman–Crippen MR) is 55.3 cm³/mol. The number of rotatable bonds is 1. The lowest BCUT2D eigenvalue weighted by atomic mass is 9.92. The van der Waals surface area contributed by atoms with Gasteiger partial charge in [0.1, 0.15) is 0 Å². The summed E-state index contributed by atoms with van der Waals surface area (Å²) in [4.78, 5) is -1.55. The third-order valence-corrected chi connectivity index (χ3v) is 2.50. The van der Waals surface area contributed by atoms with Crippen LogP contribution >= 0.6 is 11.6 Å². The highest BCUT2D eigenvalue weighted by Crippen LogP contribution is 2.45. The normalized spacial score (nSPS) is 13.8. The van der Waals surface area contributed by atoms with E-state index >= 15 is 0 Å².